The Bertz CT molecular complexity index is 1540. The number of imidazole rings is 2. The van der Waals surface area contributed by atoms with E-state index in [1.807, 2.05) is 17.7 Å². The number of hydrogen-bond acceptors (Lipinski definition) is 6. The molecule has 3 heterocycles. The summed E-state index contributed by atoms with van der Waals surface area (Å²) in [6, 6.07) is 4.52. The van der Waals surface area contributed by atoms with Crippen LogP contribution in [-0.2, 0) is 21.1 Å². The monoisotopic (exact) mass is 465 g/mol. The van der Waals surface area contributed by atoms with Gasteiger partial charge < -0.3 is 19.1 Å². The number of aliphatic hydroxyl groups excluding tert-OH is 1. The fourth-order valence-corrected chi connectivity index (χ4v) is 5.13. The van der Waals surface area contributed by atoms with Gasteiger partial charge in [0.1, 0.15) is 5.65 Å². The number of carbonyl (C=O) groups excluding carboxylic acids is 1. The van der Waals surface area contributed by atoms with Gasteiger partial charge in [0, 0.05) is 33.8 Å². The number of likely N-dealkylation sites (N-methyl/N-ethyl adjacent to an activating group) is 1. The maximum absolute atomic E-state index is 13.3. The number of aryl methyl sites for hydroxylation is 2. The molecular weight excluding hydrogens is 438 g/mol. The zero-order chi connectivity index (χ0) is 24.3. The van der Waals surface area contributed by atoms with Gasteiger partial charge in [-0.1, -0.05) is 0 Å². The van der Waals surface area contributed by atoms with E-state index >= 15 is 0 Å². The van der Waals surface area contributed by atoms with Gasteiger partial charge in [-0.25, -0.2) is 14.8 Å². The molecule has 3 atom stereocenters. The van der Waals surface area contributed by atoms with Crippen LogP contribution in [0.3, 0.4) is 0 Å². The predicted molar refractivity (Wildman–Crippen MR) is 126 cm³/mol. The van der Waals surface area contributed by atoms with E-state index in [0.717, 1.165) is 22.0 Å². The Morgan fingerprint density at radius 2 is 1.85 bits per heavy atom. The molecule has 34 heavy (non-hydrogen) atoms. The number of nitrogens with zero attached hydrogens (tertiary/aromatic N) is 7. The summed E-state index contributed by atoms with van der Waals surface area (Å²) in [5.41, 5.74) is 1.77. The number of aromatic nitrogens is 6. The molecule has 0 unspecified atom stereocenters. The van der Waals surface area contributed by atoms with Crippen LogP contribution in [0.5, 0.6) is 0 Å². The van der Waals surface area contributed by atoms with Crippen LogP contribution in [0.2, 0.25) is 0 Å². The van der Waals surface area contributed by atoms with Crippen molar-refractivity contribution in [3.8, 4) is 0 Å². The topological polar surface area (TPSA) is 120 Å². The maximum Gasteiger partial charge on any atom is 0.332 e. The number of rotatable bonds is 3. The molecule has 1 saturated carbocycles. The van der Waals surface area contributed by atoms with Crippen LogP contribution >= 0.6 is 0 Å². The third kappa shape index (κ3) is 3.18. The number of aliphatic hydroxyl groups is 1. The molecule has 3 aromatic heterocycles. The molecule has 11 nitrogen and oxygen atoms in total. The lowest BCUT2D eigenvalue weighted by atomic mass is 9.86. The van der Waals surface area contributed by atoms with Gasteiger partial charge in [0.15, 0.2) is 5.52 Å². The van der Waals surface area contributed by atoms with E-state index in [4.69, 9.17) is 0 Å². The van der Waals surface area contributed by atoms with Crippen molar-refractivity contribution in [2.75, 3.05) is 7.05 Å². The summed E-state index contributed by atoms with van der Waals surface area (Å²) < 4.78 is 5.98. The molecule has 1 aliphatic carbocycles. The number of hydrogen-bond donors (Lipinski definition) is 1. The van der Waals surface area contributed by atoms with E-state index in [0.29, 0.717) is 24.1 Å². The summed E-state index contributed by atoms with van der Waals surface area (Å²) in [6.45, 7) is 0. The Balaban J connectivity index is 1.48. The van der Waals surface area contributed by atoms with Gasteiger partial charge in [0.25, 0.3) is 11.5 Å². The van der Waals surface area contributed by atoms with Gasteiger partial charge >= 0.3 is 5.69 Å². The second-order valence-corrected chi connectivity index (χ2v) is 9.06. The smallest absolute Gasteiger partial charge is 0.332 e. The summed E-state index contributed by atoms with van der Waals surface area (Å²) in [7, 11) is 6.58. The van der Waals surface area contributed by atoms with Gasteiger partial charge in [-0.2, -0.15) is 0 Å². The summed E-state index contributed by atoms with van der Waals surface area (Å²) in [5, 5.41) is 11.4. The number of benzene rings is 1. The van der Waals surface area contributed by atoms with Crippen molar-refractivity contribution in [2.24, 2.45) is 21.1 Å². The highest BCUT2D eigenvalue weighted by Gasteiger charge is 2.38. The minimum atomic E-state index is -0.905. The average Bonchev–Trinajstić information content (AvgIpc) is 3.44. The number of fused-ring (bicyclic) bond motifs is 2. The normalized spacial score (nSPS) is 20.8. The summed E-state index contributed by atoms with van der Waals surface area (Å²) in [6.07, 6.45) is 4.33. The average molecular weight is 466 g/mol. The number of carbonyl (C=O) groups is 1. The van der Waals surface area contributed by atoms with Crippen LogP contribution in [0, 0.1) is 0 Å². The van der Waals surface area contributed by atoms with Crippen LogP contribution in [-0.4, -0.2) is 63.3 Å². The van der Waals surface area contributed by atoms with Gasteiger partial charge in [0.2, 0.25) is 0 Å². The van der Waals surface area contributed by atoms with Crippen molar-refractivity contribution in [1.82, 2.24) is 33.1 Å². The lowest BCUT2D eigenvalue weighted by molar-refractivity contribution is -0.0000218. The molecule has 0 bridgehead atoms. The third-order valence-corrected chi connectivity index (χ3v) is 7.10. The Labute approximate surface area is 194 Å². The number of amides is 1. The lowest BCUT2D eigenvalue weighted by Gasteiger charge is -2.40. The van der Waals surface area contributed by atoms with E-state index in [2.05, 4.69) is 9.97 Å². The molecule has 5 rings (SSSR count). The molecule has 1 amide bonds. The highest BCUT2D eigenvalue weighted by atomic mass is 16.3. The molecule has 1 fully saturated rings. The fourth-order valence-electron chi connectivity index (χ4n) is 5.13. The van der Waals surface area contributed by atoms with Crippen molar-refractivity contribution in [1.29, 1.82) is 0 Å². The standard InChI is InChI=1S/C23H27N7O4/c1-26-11-24-14-10-13(8-9-15(14)26)21(32)27(2)16-6-5-7-17(19(16)31)30-12-25-18-20(30)28(3)23(34)29(4)22(18)33/h8-12,16-17,19,31H,5-7H2,1-4H3/t16-,17-,19-/m1/s1. The molecule has 1 N–H and O–H groups in total. The molecule has 0 saturated heterocycles. The second kappa shape index (κ2) is 7.94. The summed E-state index contributed by atoms with van der Waals surface area (Å²) in [4.78, 5) is 48.5. The molecule has 1 aliphatic rings. The zero-order valence-corrected chi connectivity index (χ0v) is 19.5. The Hall–Kier alpha value is -3.73. The largest absolute Gasteiger partial charge is 0.389 e. The van der Waals surface area contributed by atoms with Crippen LogP contribution in [0.4, 0.5) is 0 Å². The molecule has 0 spiro atoms. The quantitative estimate of drug-likeness (QED) is 0.472. The maximum atomic E-state index is 13.3. The first-order valence-corrected chi connectivity index (χ1v) is 11.2. The van der Waals surface area contributed by atoms with Gasteiger partial charge in [-0.3, -0.25) is 18.7 Å². The third-order valence-electron chi connectivity index (χ3n) is 7.10. The molecule has 178 valence electrons. The molecular formula is C23H27N7O4. The SMILES string of the molecule is CN(C(=O)c1ccc2c(c1)ncn2C)[C@@H]1CCC[C@@H](n2cnc3c(=O)n(C)c(=O)n(C)c32)[C@@H]1O. The van der Waals surface area contributed by atoms with Crippen LogP contribution in [0.15, 0.2) is 40.4 Å². The van der Waals surface area contributed by atoms with Crippen molar-refractivity contribution in [3.05, 3.63) is 57.3 Å². The van der Waals surface area contributed by atoms with Crippen molar-refractivity contribution >= 4 is 28.1 Å². The minimum absolute atomic E-state index is 0.173. The predicted octanol–water partition coefficient (Wildman–Crippen LogP) is 0.547. The summed E-state index contributed by atoms with van der Waals surface area (Å²) >= 11 is 0. The van der Waals surface area contributed by atoms with Gasteiger partial charge in [-0.15, -0.1) is 0 Å². The molecule has 0 radical (unpaired) electrons. The highest BCUT2D eigenvalue weighted by Crippen LogP contribution is 2.33. The lowest BCUT2D eigenvalue weighted by Crippen LogP contribution is -2.50. The van der Waals surface area contributed by atoms with E-state index in [-0.39, 0.29) is 11.4 Å². The fraction of sp³-hybridized carbons (Fsp3) is 0.435. The van der Waals surface area contributed by atoms with E-state index in [1.165, 1.54) is 17.9 Å². The van der Waals surface area contributed by atoms with E-state index in [9.17, 15) is 19.5 Å². The van der Waals surface area contributed by atoms with Crippen molar-refractivity contribution in [3.63, 3.8) is 0 Å². The van der Waals surface area contributed by atoms with Gasteiger partial charge in [-0.05, 0) is 37.5 Å². The molecule has 1 aromatic carbocycles. The second-order valence-electron chi connectivity index (χ2n) is 9.06. The first-order valence-electron chi connectivity index (χ1n) is 11.2. The summed E-state index contributed by atoms with van der Waals surface area (Å²) in [5.74, 6) is -0.200. The first kappa shape index (κ1) is 22.1. The van der Waals surface area contributed by atoms with E-state index < -0.39 is 29.4 Å². The highest BCUT2D eigenvalue weighted by molar-refractivity contribution is 5.97. The van der Waals surface area contributed by atoms with Gasteiger partial charge in [0.05, 0.1) is 41.9 Å². The minimum Gasteiger partial charge on any atom is -0.389 e. The Kier molecular flexibility index (Phi) is 5.16. The van der Waals surface area contributed by atoms with E-state index in [1.54, 1.807) is 42.0 Å². The molecule has 11 heteroatoms. The van der Waals surface area contributed by atoms with Crippen molar-refractivity contribution in [2.45, 2.75) is 37.5 Å². The van der Waals surface area contributed by atoms with Crippen molar-refractivity contribution < 1.29 is 9.90 Å². The molecule has 4 aromatic rings. The van der Waals surface area contributed by atoms with Crippen LogP contribution in [0.25, 0.3) is 22.2 Å². The molecule has 0 aliphatic heterocycles. The zero-order valence-electron chi connectivity index (χ0n) is 19.5. The first-order chi connectivity index (χ1) is 16.2. The van der Waals surface area contributed by atoms with Crippen LogP contribution < -0.4 is 11.2 Å². The Morgan fingerprint density at radius 3 is 2.62 bits per heavy atom. The van der Waals surface area contributed by atoms with Crippen LogP contribution in [0.1, 0.15) is 35.7 Å². The Morgan fingerprint density at radius 1 is 1.09 bits per heavy atom.